The van der Waals surface area contributed by atoms with Gasteiger partial charge in [0.25, 0.3) is 11.8 Å². The Morgan fingerprint density at radius 2 is 1.71 bits per heavy atom. The molecule has 2 amide bonds. The first-order chi connectivity index (χ1) is 24.8. The lowest BCUT2D eigenvalue weighted by atomic mass is 9.86. The molecule has 0 bridgehead atoms. The molecule has 268 valence electrons. The number of hydrogen-bond acceptors (Lipinski definition) is 8. The van der Waals surface area contributed by atoms with Crippen LogP contribution in [0.5, 0.6) is 5.75 Å². The molecule has 0 saturated carbocycles. The van der Waals surface area contributed by atoms with E-state index in [4.69, 9.17) is 15.9 Å². The molecule has 5 aromatic rings. The van der Waals surface area contributed by atoms with Gasteiger partial charge in [0, 0.05) is 53.9 Å². The summed E-state index contributed by atoms with van der Waals surface area (Å²) in [5, 5.41) is 9.78. The maximum absolute atomic E-state index is 13.7. The van der Waals surface area contributed by atoms with Gasteiger partial charge < -0.3 is 30.1 Å². The van der Waals surface area contributed by atoms with Gasteiger partial charge in [-0.15, -0.1) is 6.42 Å². The molecule has 0 saturated heterocycles. The van der Waals surface area contributed by atoms with Crippen LogP contribution in [-0.4, -0.2) is 59.6 Å². The predicted octanol–water partition coefficient (Wildman–Crippen LogP) is 6.97. The maximum Gasteiger partial charge on any atom is 0.255 e. The lowest BCUT2D eigenvalue weighted by molar-refractivity contribution is 0.0936. The van der Waals surface area contributed by atoms with Crippen molar-refractivity contribution in [3.63, 3.8) is 0 Å². The molecule has 12 heteroatoms. The summed E-state index contributed by atoms with van der Waals surface area (Å²) in [5.74, 6) is 2.72. The number of terminal acetylenes is 1. The molecule has 1 heterocycles. The van der Waals surface area contributed by atoms with E-state index in [9.17, 15) is 13.8 Å². The molecule has 1 aromatic heterocycles. The first kappa shape index (κ1) is 37.5. The van der Waals surface area contributed by atoms with Crippen molar-refractivity contribution in [2.75, 3.05) is 49.0 Å². The van der Waals surface area contributed by atoms with Crippen LogP contribution < -0.4 is 25.4 Å². The molecule has 4 N–H and O–H groups in total. The van der Waals surface area contributed by atoms with Gasteiger partial charge in [-0.1, -0.05) is 38.8 Å². The van der Waals surface area contributed by atoms with E-state index in [2.05, 4.69) is 57.3 Å². The minimum Gasteiger partial charge on any atom is -0.492 e. The molecule has 11 nitrogen and oxygen atoms in total. The summed E-state index contributed by atoms with van der Waals surface area (Å²) in [6.07, 6.45) is 8.91. The predicted molar refractivity (Wildman–Crippen MR) is 209 cm³/mol. The SMILES string of the molecule is C#Cc1cc(Nc2ncc3cc(-c4cc(C(=O)Nc5cc(C(C)(C)C)cc(NS(C)=O)c5OC)ccc4C)ccc3n2)cc(C(=O)NCCOC)c1. The third kappa shape index (κ3) is 8.93. The summed E-state index contributed by atoms with van der Waals surface area (Å²) in [6.45, 7) is 8.94. The van der Waals surface area contributed by atoms with Crippen LogP contribution in [-0.2, 0) is 21.1 Å². The fourth-order valence-corrected chi connectivity index (χ4v) is 6.01. The number of aryl methyl sites for hydroxylation is 1. The highest BCUT2D eigenvalue weighted by molar-refractivity contribution is 7.85. The minimum atomic E-state index is -1.35. The van der Waals surface area contributed by atoms with Crippen LogP contribution in [0.2, 0.25) is 0 Å². The average molecular weight is 719 g/mol. The number of aromatic nitrogens is 2. The van der Waals surface area contributed by atoms with Gasteiger partial charge in [-0.2, -0.15) is 0 Å². The molecular formula is C40H42N6O5S. The Morgan fingerprint density at radius 1 is 0.942 bits per heavy atom. The second-order valence-corrected chi connectivity index (χ2v) is 14.3. The number of amides is 2. The summed E-state index contributed by atoms with van der Waals surface area (Å²) in [5.41, 5.74) is 7.09. The molecule has 1 unspecified atom stereocenters. The molecule has 0 spiro atoms. The van der Waals surface area contributed by atoms with Crippen LogP contribution in [0.25, 0.3) is 22.0 Å². The minimum absolute atomic E-state index is 0.246. The van der Waals surface area contributed by atoms with Crippen LogP contribution in [0.1, 0.15) is 58.2 Å². The van der Waals surface area contributed by atoms with Gasteiger partial charge in [-0.05, 0) is 89.2 Å². The van der Waals surface area contributed by atoms with Crippen molar-refractivity contribution < 1.29 is 23.3 Å². The topological polar surface area (TPSA) is 144 Å². The Labute approximate surface area is 306 Å². The van der Waals surface area contributed by atoms with Crippen LogP contribution >= 0.6 is 0 Å². The van der Waals surface area contributed by atoms with Crippen molar-refractivity contribution >= 4 is 56.7 Å². The zero-order chi connectivity index (χ0) is 37.6. The van der Waals surface area contributed by atoms with Crippen molar-refractivity contribution in [2.45, 2.75) is 33.1 Å². The number of nitrogens with zero attached hydrogens (tertiary/aromatic N) is 2. The van der Waals surface area contributed by atoms with Gasteiger partial charge >= 0.3 is 0 Å². The highest BCUT2D eigenvalue weighted by atomic mass is 32.2. The first-order valence-electron chi connectivity index (χ1n) is 16.5. The van der Waals surface area contributed by atoms with E-state index in [1.807, 2.05) is 49.4 Å². The van der Waals surface area contributed by atoms with Gasteiger partial charge in [0.2, 0.25) is 5.95 Å². The second kappa shape index (κ2) is 16.1. The zero-order valence-corrected chi connectivity index (χ0v) is 31.1. The van der Waals surface area contributed by atoms with Crippen molar-refractivity contribution in [1.29, 1.82) is 0 Å². The molecule has 0 fully saturated rings. The average Bonchev–Trinajstić information content (AvgIpc) is 3.10. The molecule has 4 aromatic carbocycles. The van der Waals surface area contributed by atoms with Gasteiger partial charge in [0.15, 0.2) is 5.75 Å². The maximum atomic E-state index is 13.7. The van der Waals surface area contributed by atoms with E-state index in [1.165, 1.54) is 13.4 Å². The highest BCUT2D eigenvalue weighted by Gasteiger charge is 2.22. The number of hydrogen-bond donors (Lipinski definition) is 4. The number of carbonyl (C=O) groups excluding carboxylic acids is 2. The van der Waals surface area contributed by atoms with E-state index in [-0.39, 0.29) is 17.2 Å². The second-order valence-electron chi connectivity index (χ2n) is 13.2. The van der Waals surface area contributed by atoms with Gasteiger partial charge in [0.05, 0.1) is 30.6 Å². The van der Waals surface area contributed by atoms with E-state index in [0.717, 1.165) is 27.6 Å². The van der Waals surface area contributed by atoms with Crippen LogP contribution in [0, 0.1) is 19.3 Å². The number of carbonyl (C=O) groups is 2. The van der Waals surface area contributed by atoms with Gasteiger partial charge in [0.1, 0.15) is 11.0 Å². The Hall–Kier alpha value is -5.77. The fraction of sp³-hybridized carbons (Fsp3) is 0.250. The number of anilines is 4. The molecule has 0 aliphatic heterocycles. The van der Waals surface area contributed by atoms with E-state index >= 15 is 0 Å². The molecule has 0 radical (unpaired) electrons. The number of nitrogens with one attached hydrogen (secondary N) is 4. The van der Waals surface area contributed by atoms with E-state index in [0.29, 0.717) is 64.1 Å². The number of ether oxygens (including phenoxy) is 2. The Bertz CT molecular complexity index is 2220. The first-order valence-corrected chi connectivity index (χ1v) is 18.0. The molecule has 52 heavy (non-hydrogen) atoms. The van der Waals surface area contributed by atoms with Gasteiger partial charge in [-0.3, -0.25) is 9.59 Å². The largest absolute Gasteiger partial charge is 0.492 e. The summed E-state index contributed by atoms with van der Waals surface area (Å²) >= 11 is 0. The van der Waals surface area contributed by atoms with Gasteiger partial charge in [-0.25, -0.2) is 14.2 Å². The zero-order valence-electron chi connectivity index (χ0n) is 30.3. The van der Waals surface area contributed by atoms with Crippen LogP contribution in [0.15, 0.2) is 72.9 Å². The quantitative estimate of drug-likeness (QED) is 0.0801. The summed E-state index contributed by atoms with van der Waals surface area (Å²) < 4.78 is 25.7. The number of methoxy groups -OCH3 is 2. The molecule has 5 rings (SSSR count). The normalized spacial score (nSPS) is 11.7. The van der Waals surface area contributed by atoms with Crippen molar-refractivity contribution in [2.24, 2.45) is 0 Å². The third-order valence-corrected chi connectivity index (χ3v) is 8.77. The number of fused-ring (bicyclic) bond motifs is 1. The summed E-state index contributed by atoms with van der Waals surface area (Å²) in [6, 6.07) is 20.2. The summed E-state index contributed by atoms with van der Waals surface area (Å²) in [4.78, 5) is 35.6. The number of benzene rings is 4. The molecule has 1 atom stereocenters. The lowest BCUT2D eigenvalue weighted by Gasteiger charge is -2.24. The Kier molecular flexibility index (Phi) is 11.6. The molecule has 0 aliphatic carbocycles. The smallest absolute Gasteiger partial charge is 0.255 e. The molecule has 0 aliphatic rings. The highest BCUT2D eigenvalue weighted by Crippen LogP contribution is 2.39. The van der Waals surface area contributed by atoms with Crippen molar-refractivity contribution in [3.05, 3.63) is 101 Å². The van der Waals surface area contributed by atoms with E-state index in [1.54, 1.807) is 37.6 Å². The van der Waals surface area contributed by atoms with Crippen LogP contribution in [0.3, 0.4) is 0 Å². The third-order valence-electron chi connectivity index (χ3n) is 8.26. The van der Waals surface area contributed by atoms with Crippen LogP contribution in [0.4, 0.5) is 23.0 Å². The van der Waals surface area contributed by atoms with Crippen molar-refractivity contribution in [3.8, 4) is 29.2 Å². The van der Waals surface area contributed by atoms with Crippen molar-refractivity contribution in [1.82, 2.24) is 15.3 Å². The number of rotatable bonds is 12. The molecular weight excluding hydrogens is 677 g/mol. The Morgan fingerprint density at radius 3 is 2.40 bits per heavy atom. The summed E-state index contributed by atoms with van der Waals surface area (Å²) in [7, 11) is 1.73. The monoisotopic (exact) mass is 718 g/mol. The Balaban J connectivity index is 1.40. The standard InChI is InChI=1S/C40H42N6O5S/c1-9-25-16-28(37(47)41-14-15-50-6)19-31(17-25)43-39-42-23-29-18-26(12-13-33(29)45-39)32-20-27(11-10-24(32)2)38(48)44-34-21-30(40(3,4)5)22-35(36(34)51-7)46-52(8)49/h1,10-13,16-23,46H,14-15H2,2-8H3,(H,41,47)(H,44,48)(H,42,43,45). The lowest BCUT2D eigenvalue weighted by Crippen LogP contribution is -2.27. The fourth-order valence-electron chi connectivity index (χ4n) is 5.55. The van der Waals surface area contributed by atoms with E-state index < -0.39 is 11.0 Å².